The number of Topliss-reactive ketones (excluding diaryl/α,β-unsaturated/α-hetero) is 1. The van der Waals surface area contributed by atoms with Crippen LogP contribution in [0.2, 0.25) is 0 Å². The number of rotatable bonds is 8. The summed E-state index contributed by atoms with van der Waals surface area (Å²) in [4.78, 5) is 52.5. The molecule has 12 nitrogen and oxygen atoms in total. The van der Waals surface area contributed by atoms with E-state index in [2.05, 4.69) is 34.5 Å². The van der Waals surface area contributed by atoms with Crippen LogP contribution < -0.4 is 10.1 Å². The minimum absolute atomic E-state index is 0.0152. The minimum atomic E-state index is -4.08. The van der Waals surface area contributed by atoms with Gasteiger partial charge in [-0.05, 0) is 53.9 Å². The predicted molar refractivity (Wildman–Crippen MR) is 174 cm³/mol. The van der Waals surface area contributed by atoms with E-state index in [-0.39, 0.29) is 35.4 Å². The quantitative estimate of drug-likeness (QED) is 0.313. The number of nitrogens with one attached hydrogen (secondary N) is 1. The molecule has 2 aliphatic carbocycles. The Labute approximate surface area is 280 Å². The van der Waals surface area contributed by atoms with E-state index in [0.29, 0.717) is 43.7 Å². The third kappa shape index (κ3) is 6.78. The van der Waals surface area contributed by atoms with Gasteiger partial charge < -0.3 is 14.4 Å². The monoisotopic (exact) mass is 681 g/mol. The van der Waals surface area contributed by atoms with Gasteiger partial charge in [0.1, 0.15) is 24.2 Å². The summed E-state index contributed by atoms with van der Waals surface area (Å²) < 4.78 is 42.5. The number of carbonyl (C=O) groups excluding carboxylic acids is 4. The lowest BCUT2D eigenvalue weighted by Crippen LogP contribution is -2.52. The summed E-state index contributed by atoms with van der Waals surface area (Å²) in [5, 5.41) is 2.33. The number of hydrogen-bond acceptors (Lipinski definition) is 9. The maximum atomic E-state index is 12.9. The first kappa shape index (κ1) is 34.2. The van der Waals surface area contributed by atoms with Crippen LogP contribution in [0, 0.1) is 16.7 Å². The van der Waals surface area contributed by atoms with Gasteiger partial charge in [-0.1, -0.05) is 44.2 Å². The van der Waals surface area contributed by atoms with Crippen LogP contribution in [-0.2, 0) is 48.9 Å². The summed E-state index contributed by atoms with van der Waals surface area (Å²) in [5.74, 6) is -0.353. The first-order chi connectivity index (χ1) is 22.8. The fraction of sp³-hybridized carbons (Fsp3) is 0.543. The number of benzene rings is 2. The SMILES string of the molecule is CC1(C)C2CCC1(CS(=O)(=O)O)C(=O)C2.O=C1CC[C@H](N2Cc3c(OCc4ccc(CN5CCOCC5)cc4)cccc3C2=O)C(=O)N1. The van der Waals surface area contributed by atoms with Crippen LogP contribution in [0.15, 0.2) is 42.5 Å². The first-order valence-electron chi connectivity index (χ1n) is 16.5. The number of hydrogen-bond donors (Lipinski definition) is 2. The Kier molecular flexibility index (Phi) is 9.51. The first-order valence-corrected chi connectivity index (χ1v) is 18.1. The van der Waals surface area contributed by atoms with Crippen molar-refractivity contribution < 1.29 is 41.6 Å². The maximum Gasteiger partial charge on any atom is 0.265 e. The molecule has 0 spiro atoms. The van der Waals surface area contributed by atoms with Crippen LogP contribution in [0.4, 0.5) is 0 Å². The van der Waals surface area contributed by atoms with Crippen LogP contribution >= 0.6 is 0 Å². The van der Waals surface area contributed by atoms with Crippen LogP contribution in [0.3, 0.4) is 0 Å². The summed E-state index contributed by atoms with van der Waals surface area (Å²) in [6.45, 7) is 8.98. The Morgan fingerprint density at radius 3 is 2.33 bits per heavy atom. The number of amides is 3. The van der Waals surface area contributed by atoms with Gasteiger partial charge in [0.2, 0.25) is 11.8 Å². The second-order valence-corrected chi connectivity index (χ2v) is 15.5. The summed E-state index contributed by atoms with van der Waals surface area (Å²) in [7, 11) is -4.08. The van der Waals surface area contributed by atoms with E-state index < -0.39 is 33.2 Å². The Hall–Kier alpha value is -3.65. The molecule has 3 atom stereocenters. The second kappa shape index (κ2) is 13.3. The number of carbonyl (C=O) groups is 4. The topological polar surface area (TPSA) is 160 Å². The number of nitrogens with zero attached hydrogens (tertiary/aromatic N) is 2. The molecule has 2 aromatic carbocycles. The van der Waals surface area contributed by atoms with Gasteiger partial charge >= 0.3 is 0 Å². The zero-order chi connectivity index (χ0) is 34.3. The van der Waals surface area contributed by atoms with Crippen LogP contribution in [0.5, 0.6) is 5.75 Å². The molecular weight excluding hydrogens is 638 g/mol. The average Bonchev–Trinajstić information content (AvgIpc) is 3.56. The van der Waals surface area contributed by atoms with Crippen molar-refractivity contribution >= 4 is 33.6 Å². The molecule has 3 amide bonds. The van der Waals surface area contributed by atoms with Crippen molar-refractivity contribution in [2.24, 2.45) is 16.7 Å². The molecule has 13 heteroatoms. The van der Waals surface area contributed by atoms with Gasteiger partial charge in [0.25, 0.3) is 16.0 Å². The molecule has 2 N–H and O–H groups in total. The summed E-state index contributed by atoms with van der Waals surface area (Å²) >= 11 is 0. The minimum Gasteiger partial charge on any atom is -0.489 e. The molecule has 2 aromatic rings. The molecular formula is C35H43N3O9S. The zero-order valence-corrected chi connectivity index (χ0v) is 28.2. The van der Waals surface area contributed by atoms with Gasteiger partial charge in [0, 0.05) is 43.6 Å². The molecule has 2 saturated heterocycles. The third-order valence-corrected chi connectivity index (χ3v) is 11.9. The van der Waals surface area contributed by atoms with Gasteiger partial charge in [-0.3, -0.25) is 33.9 Å². The standard InChI is InChI=1S/C25H27N3O5.C10H16O4S/c29-23-9-8-21(24(30)26-23)28-15-20-19(25(28)31)2-1-3-22(20)33-16-18-6-4-17(5-7-18)14-27-10-12-32-13-11-27;1-9(2)7-3-4-10(9,8(11)5-7)6-15(12,13)14/h1-7,21H,8-16H2,(H,26,29,30);7H,3-6H2,1-2H3,(H,12,13,14)/t21-;/m0./s1. The van der Waals surface area contributed by atoms with Crippen molar-refractivity contribution in [1.29, 1.82) is 0 Å². The lowest BCUT2D eigenvalue weighted by molar-refractivity contribution is -0.137. The number of morpholine rings is 1. The highest BCUT2D eigenvalue weighted by molar-refractivity contribution is 7.85. The van der Waals surface area contributed by atoms with E-state index in [1.807, 2.05) is 19.9 Å². The maximum absolute atomic E-state index is 12.9. The Bertz CT molecular complexity index is 1700. The van der Waals surface area contributed by atoms with E-state index in [0.717, 1.165) is 50.4 Å². The van der Waals surface area contributed by atoms with Crippen LogP contribution in [0.25, 0.3) is 0 Å². The van der Waals surface area contributed by atoms with E-state index in [9.17, 15) is 27.6 Å². The van der Waals surface area contributed by atoms with E-state index >= 15 is 0 Å². The largest absolute Gasteiger partial charge is 0.489 e. The Morgan fingerprint density at radius 2 is 1.71 bits per heavy atom. The molecule has 7 rings (SSSR count). The Balaban J connectivity index is 0.000000223. The van der Waals surface area contributed by atoms with Crippen LogP contribution in [0.1, 0.15) is 73.0 Å². The molecule has 2 saturated carbocycles. The van der Waals surface area contributed by atoms with Gasteiger partial charge in [-0.25, -0.2) is 0 Å². The number of ketones is 1. The molecule has 2 unspecified atom stereocenters. The summed E-state index contributed by atoms with van der Waals surface area (Å²) in [6, 6.07) is 13.2. The van der Waals surface area contributed by atoms with E-state index in [1.165, 1.54) is 5.56 Å². The normalized spacial score (nSPS) is 26.6. The van der Waals surface area contributed by atoms with Gasteiger partial charge in [0.05, 0.1) is 30.9 Å². The highest BCUT2D eigenvalue weighted by Crippen LogP contribution is 2.64. The zero-order valence-electron chi connectivity index (χ0n) is 27.4. The highest BCUT2D eigenvalue weighted by Gasteiger charge is 2.65. The molecule has 0 radical (unpaired) electrons. The molecule has 258 valence electrons. The van der Waals surface area contributed by atoms with Gasteiger partial charge in [-0.15, -0.1) is 0 Å². The van der Waals surface area contributed by atoms with Crippen molar-refractivity contribution in [3.63, 3.8) is 0 Å². The fourth-order valence-electron chi connectivity index (χ4n) is 8.03. The lowest BCUT2D eigenvalue weighted by Gasteiger charge is -2.35. The van der Waals surface area contributed by atoms with Crippen molar-refractivity contribution in [2.75, 3.05) is 32.1 Å². The smallest absolute Gasteiger partial charge is 0.265 e. The second-order valence-electron chi connectivity index (χ2n) is 14.1. The molecule has 0 aromatic heterocycles. The lowest BCUT2D eigenvalue weighted by atomic mass is 9.70. The predicted octanol–water partition coefficient (Wildman–Crippen LogP) is 3.13. The molecule has 48 heavy (non-hydrogen) atoms. The fourth-order valence-corrected chi connectivity index (χ4v) is 9.33. The van der Waals surface area contributed by atoms with Crippen molar-refractivity contribution in [3.05, 3.63) is 64.7 Å². The summed E-state index contributed by atoms with van der Waals surface area (Å²) in [6.07, 6.45) is 2.55. The Morgan fingerprint density at radius 1 is 1.00 bits per heavy atom. The molecule has 5 aliphatic rings. The number of fused-ring (bicyclic) bond motifs is 3. The molecule has 2 bridgehead atoms. The van der Waals surface area contributed by atoms with Gasteiger partial charge in [-0.2, -0.15) is 8.42 Å². The van der Waals surface area contributed by atoms with E-state index in [1.54, 1.807) is 17.0 Å². The molecule has 4 fully saturated rings. The number of piperidine rings is 1. The summed E-state index contributed by atoms with van der Waals surface area (Å²) in [5.41, 5.74) is 2.52. The van der Waals surface area contributed by atoms with Crippen molar-refractivity contribution in [2.45, 2.75) is 71.7 Å². The van der Waals surface area contributed by atoms with Crippen molar-refractivity contribution in [1.82, 2.24) is 15.1 Å². The number of imide groups is 1. The average molecular weight is 682 g/mol. The van der Waals surface area contributed by atoms with E-state index in [4.69, 9.17) is 14.0 Å². The van der Waals surface area contributed by atoms with Crippen molar-refractivity contribution in [3.8, 4) is 5.75 Å². The molecule has 3 aliphatic heterocycles. The third-order valence-electron chi connectivity index (χ3n) is 11.0. The van der Waals surface area contributed by atoms with Gasteiger partial charge in [0.15, 0.2) is 0 Å². The highest BCUT2D eigenvalue weighted by atomic mass is 32.2. The van der Waals surface area contributed by atoms with Crippen LogP contribution in [-0.4, -0.2) is 84.4 Å². The number of ether oxygens (including phenoxy) is 2. The molecule has 3 heterocycles.